The molecule has 0 spiro atoms. The molecule has 1 aliphatic heterocycles. The predicted molar refractivity (Wildman–Crippen MR) is 109 cm³/mol. The first kappa shape index (κ1) is 20.4. The number of sulfone groups is 1. The average molecular weight is 406 g/mol. The molecule has 1 aromatic heterocycles. The second kappa shape index (κ2) is 7.24. The zero-order valence-corrected chi connectivity index (χ0v) is 17.5. The highest BCUT2D eigenvalue weighted by atomic mass is 32.2. The van der Waals surface area contributed by atoms with Crippen molar-refractivity contribution < 1.29 is 18.0 Å². The van der Waals surface area contributed by atoms with Crippen molar-refractivity contribution in [3.8, 4) is 0 Å². The number of benzene rings is 1. The fraction of sp³-hybridized carbons (Fsp3) is 0.500. The Kier molecular flexibility index (Phi) is 5.27. The van der Waals surface area contributed by atoms with Crippen molar-refractivity contribution >= 4 is 32.6 Å². The maximum Gasteiger partial charge on any atom is 0.268 e. The van der Waals surface area contributed by atoms with Gasteiger partial charge in [-0.15, -0.1) is 0 Å². The van der Waals surface area contributed by atoms with Crippen molar-refractivity contribution in [2.24, 2.45) is 0 Å². The van der Waals surface area contributed by atoms with E-state index >= 15 is 0 Å². The van der Waals surface area contributed by atoms with Crippen LogP contribution >= 0.6 is 0 Å². The molecule has 1 fully saturated rings. The number of carbonyl (C=O) groups is 2. The number of fused-ring (bicyclic) bond motifs is 1. The Balaban J connectivity index is 1.69. The van der Waals surface area contributed by atoms with E-state index in [0.29, 0.717) is 5.69 Å². The second-order valence-corrected chi connectivity index (χ2v) is 10.7. The number of H-pyrrole nitrogens is 1. The van der Waals surface area contributed by atoms with Crippen molar-refractivity contribution in [3.05, 3.63) is 35.5 Å². The molecule has 1 atom stereocenters. The molecule has 1 saturated heterocycles. The standard InChI is InChI=1S/C20H27N3O4S/c1-13(19(25)23-7-9-28(26,27)10-8-23)21-18(24)17-11-14-5-6-15(20(2,3)4)12-16(14)22-17/h5-6,11-13,22H,7-10H2,1-4H3,(H,21,24). The van der Waals surface area contributed by atoms with Crippen LogP contribution in [0.25, 0.3) is 10.9 Å². The number of nitrogens with one attached hydrogen (secondary N) is 2. The third-order valence-electron chi connectivity index (χ3n) is 5.11. The first-order chi connectivity index (χ1) is 13.0. The summed E-state index contributed by atoms with van der Waals surface area (Å²) in [6.45, 7) is 8.34. The Hall–Kier alpha value is -2.35. The number of carbonyl (C=O) groups excluding carboxylic acids is 2. The third kappa shape index (κ3) is 4.38. The van der Waals surface area contributed by atoms with Gasteiger partial charge in [0.2, 0.25) is 5.91 Å². The molecule has 3 rings (SSSR count). The maximum atomic E-state index is 12.6. The summed E-state index contributed by atoms with van der Waals surface area (Å²) in [4.78, 5) is 29.7. The van der Waals surface area contributed by atoms with Crippen molar-refractivity contribution in [1.29, 1.82) is 0 Å². The van der Waals surface area contributed by atoms with Crippen molar-refractivity contribution in [2.45, 2.75) is 39.2 Å². The molecular weight excluding hydrogens is 378 g/mol. The number of amides is 2. The molecule has 0 saturated carbocycles. The lowest BCUT2D eigenvalue weighted by molar-refractivity contribution is -0.132. The van der Waals surface area contributed by atoms with Crippen LogP contribution < -0.4 is 5.32 Å². The number of hydrogen-bond donors (Lipinski definition) is 2. The van der Waals surface area contributed by atoms with E-state index in [1.807, 2.05) is 12.1 Å². The second-order valence-electron chi connectivity index (χ2n) is 8.41. The summed E-state index contributed by atoms with van der Waals surface area (Å²) in [6, 6.07) is 7.10. The highest BCUT2D eigenvalue weighted by molar-refractivity contribution is 7.91. The van der Waals surface area contributed by atoms with Crippen molar-refractivity contribution in [2.75, 3.05) is 24.6 Å². The highest BCUT2D eigenvalue weighted by Gasteiger charge is 2.29. The van der Waals surface area contributed by atoms with Gasteiger partial charge in [0.25, 0.3) is 5.91 Å². The summed E-state index contributed by atoms with van der Waals surface area (Å²) < 4.78 is 23.0. The fourth-order valence-electron chi connectivity index (χ4n) is 3.26. The monoisotopic (exact) mass is 405 g/mol. The highest BCUT2D eigenvalue weighted by Crippen LogP contribution is 2.26. The summed E-state index contributed by atoms with van der Waals surface area (Å²) in [5.41, 5.74) is 2.43. The summed E-state index contributed by atoms with van der Waals surface area (Å²) in [5, 5.41) is 3.64. The first-order valence-electron chi connectivity index (χ1n) is 9.40. The zero-order valence-electron chi connectivity index (χ0n) is 16.7. The van der Waals surface area contributed by atoms with Crippen LogP contribution in [0.4, 0.5) is 0 Å². The van der Waals surface area contributed by atoms with Crippen LogP contribution in [0.2, 0.25) is 0 Å². The predicted octanol–water partition coefficient (Wildman–Crippen LogP) is 1.84. The minimum absolute atomic E-state index is 0.00454. The van der Waals surface area contributed by atoms with E-state index in [1.165, 1.54) is 4.90 Å². The van der Waals surface area contributed by atoms with E-state index in [1.54, 1.807) is 13.0 Å². The lowest BCUT2D eigenvalue weighted by atomic mass is 9.87. The van der Waals surface area contributed by atoms with E-state index in [-0.39, 0.29) is 41.8 Å². The van der Waals surface area contributed by atoms with Crippen LogP contribution in [-0.4, -0.2) is 60.8 Å². The summed E-state index contributed by atoms with van der Waals surface area (Å²) >= 11 is 0. The quantitative estimate of drug-likeness (QED) is 0.814. The molecule has 8 heteroatoms. The lowest BCUT2D eigenvalue weighted by Gasteiger charge is -2.29. The maximum absolute atomic E-state index is 12.6. The Morgan fingerprint density at radius 3 is 2.39 bits per heavy atom. The Bertz CT molecular complexity index is 1000. The lowest BCUT2D eigenvalue weighted by Crippen LogP contribution is -2.51. The minimum atomic E-state index is -3.06. The number of aromatic amines is 1. The molecule has 2 heterocycles. The van der Waals surface area contributed by atoms with Gasteiger partial charge in [-0.2, -0.15) is 0 Å². The Morgan fingerprint density at radius 1 is 1.14 bits per heavy atom. The molecule has 2 N–H and O–H groups in total. The van der Waals surface area contributed by atoms with Crippen LogP contribution in [0.3, 0.4) is 0 Å². The van der Waals surface area contributed by atoms with Crippen LogP contribution in [0.1, 0.15) is 43.7 Å². The number of hydrogen-bond acceptors (Lipinski definition) is 4. The van der Waals surface area contributed by atoms with E-state index in [0.717, 1.165) is 16.5 Å². The fourth-order valence-corrected chi connectivity index (χ4v) is 4.46. The first-order valence-corrected chi connectivity index (χ1v) is 11.2. The summed E-state index contributed by atoms with van der Waals surface area (Å²) in [5.74, 6) is -0.692. The molecule has 2 aromatic rings. The minimum Gasteiger partial charge on any atom is -0.351 e. The molecular formula is C20H27N3O4S. The third-order valence-corrected chi connectivity index (χ3v) is 6.72. The molecule has 152 valence electrons. The summed E-state index contributed by atoms with van der Waals surface area (Å²) in [7, 11) is -3.06. The van der Waals surface area contributed by atoms with E-state index < -0.39 is 15.9 Å². The van der Waals surface area contributed by atoms with Gasteiger partial charge in [-0.25, -0.2) is 8.42 Å². The van der Waals surface area contributed by atoms with Crippen LogP contribution in [-0.2, 0) is 20.0 Å². The van der Waals surface area contributed by atoms with Crippen LogP contribution in [0.15, 0.2) is 24.3 Å². The molecule has 1 aromatic carbocycles. The van der Waals surface area contributed by atoms with Crippen molar-refractivity contribution in [1.82, 2.24) is 15.2 Å². The average Bonchev–Trinajstić information content (AvgIpc) is 3.03. The van der Waals surface area contributed by atoms with Gasteiger partial charge in [0, 0.05) is 24.0 Å². The molecule has 0 aliphatic carbocycles. The van der Waals surface area contributed by atoms with Crippen molar-refractivity contribution in [3.63, 3.8) is 0 Å². The number of rotatable bonds is 3. The molecule has 1 unspecified atom stereocenters. The molecule has 0 bridgehead atoms. The largest absolute Gasteiger partial charge is 0.351 e. The van der Waals surface area contributed by atoms with Gasteiger partial charge in [0.1, 0.15) is 11.7 Å². The normalized spacial score (nSPS) is 18.1. The van der Waals surface area contributed by atoms with Gasteiger partial charge in [0.15, 0.2) is 9.84 Å². The zero-order chi connectivity index (χ0) is 20.7. The van der Waals surface area contributed by atoms with Gasteiger partial charge < -0.3 is 15.2 Å². The molecule has 0 radical (unpaired) electrons. The summed E-state index contributed by atoms with van der Waals surface area (Å²) in [6.07, 6.45) is 0. The SMILES string of the molecule is CC(NC(=O)c1cc2ccc(C(C)(C)C)cc2[nH]1)C(=O)N1CCS(=O)(=O)CC1. The molecule has 7 nitrogen and oxygen atoms in total. The van der Waals surface area contributed by atoms with Gasteiger partial charge in [-0.05, 0) is 30.0 Å². The van der Waals surface area contributed by atoms with Gasteiger partial charge in [-0.3, -0.25) is 9.59 Å². The van der Waals surface area contributed by atoms with Gasteiger partial charge in [-0.1, -0.05) is 32.9 Å². The Labute approximate surface area is 165 Å². The molecule has 2 amide bonds. The number of aromatic nitrogens is 1. The van der Waals surface area contributed by atoms with E-state index in [9.17, 15) is 18.0 Å². The molecule has 28 heavy (non-hydrogen) atoms. The van der Waals surface area contributed by atoms with Gasteiger partial charge >= 0.3 is 0 Å². The van der Waals surface area contributed by atoms with Gasteiger partial charge in [0.05, 0.1) is 11.5 Å². The van der Waals surface area contributed by atoms with E-state index in [2.05, 4.69) is 37.1 Å². The van der Waals surface area contributed by atoms with Crippen LogP contribution in [0.5, 0.6) is 0 Å². The number of nitrogens with zero attached hydrogens (tertiary/aromatic N) is 1. The topological polar surface area (TPSA) is 99.3 Å². The van der Waals surface area contributed by atoms with Crippen LogP contribution in [0, 0.1) is 0 Å². The van der Waals surface area contributed by atoms with E-state index in [4.69, 9.17) is 0 Å². The molecule has 1 aliphatic rings. The smallest absolute Gasteiger partial charge is 0.268 e. The Morgan fingerprint density at radius 2 is 1.79 bits per heavy atom.